The Labute approximate surface area is 85.0 Å². The Morgan fingerprint density at radius 2 is 1.60 bits per heavy atom. The zero-order valence-electron chi connectivity index (χ0n) is 7.27. The number of aliphatic hydroxyl groups excluding tert-OH is 1. The molecule has 0 aliphatic carbocycles. The molecule has 0 aliphatic rings. The molecule has 0 aliphatic heterocycles. The molecule has 0 aromatic heterocycles. The molecule has 0 amide bonds. The zero-order chi connectivity index (χ0) is 11.6. The van der Waals surface area contributed by atoms with Crippen LogP contribution in [0.4, 0.5) is 17.6 Å². The van der Waals surface area contributed by atoms with E-state index in [1.165, 1.54) is 0 Å². The first-order valence-electron chi connectivity index (χ1n) is 3.81. The van der Waals surface area contributed by atoms with Crippen LogP contribution in [-0.2, 0) is 10.8 Å². The van der Waals surface area contributed by atoms with Crippen molar-refractivity contribution in [1.29, 1.82) is 0 Å². The van der Waals surface area contributed by atoms with E-state index >= 15 is 0 Å². The van der Waals surface area contributed by atoms with Gasteiger partial charge in [-0.3, -0.25) is 4.21 Å². The van der Waals surface area contributed by atoms with Crippen molar-refractivity contribution in [2.75, 3.05) is 12.4 Å². The molecule has 0 radical (unpaired) electrons. The Kier molecular flexibility index (Phi) is 3.81. The van der Waals surface area contributed by atoms with Crippen molar-refractivity contribution < 1.29 is 26.9 Å². The van der Waals surface area contributed by atoms with Gasteiger partial charge in [-0.25, -0.2) is 17.6 Å². The summed E-state index contributed by atoms with van der Waals surface area (Å²) in [5.41, 5.74) is 0. The maximum absolute atomic E-state index is 13.0. The largest absolute Gasteiger partial charge is 0.395 e. The number of benzene rings is 1. The van der Waals surface area contributed by atoms with Crippen LogP contribution in [0.1, 0.15) is 0 Å². The number of aliphatic hydroxyl groups is 1. The Hall–Kier alpha value is -0.950. The lowest BCUT2D eigenvalue weighted by molar-refractivity contribution is 0.321. The summed E-state index contributed by atoms with van der Waals surface area (Å²) in [5.74, 6) is -7.11. The first-order valence-corrected chi connectivity index (χ1v) is 5.13. The average molecular weight is 242 g/mol. The SMILES string of the molecule is O=S(CCO)c1c(F)c(F)cc(F)c1F. The third-order valence-electron chi connectivity index (χ3n) is 1.58. The first kappa shape index (κ1) is 12.1. The summed E-state index contributed by atoms with van der Waals surface area (Å²) in [4.78, 5) is -1.18. The molecule has 15 heavy (non-hydrogen) atoms. The highest BCUT2D eigenvalue weighted by molar-refractivity contribution is 7.85. The molecule has 1 N–H and O–H groups in total. The lowest BCUT2D eigenvalue weighted by Crippen LogP contribution is -2.09. The molecule has 0 fully saturated rings. The summed E-state index contributed by atoms with van der Waals surface area (Å²) in [6, 6.07) is 0.0321. The first-order chi connectivity index (χ1) is 6.99. The fourth-order valence-corrected chi connectivity index (χ4v) is 1.90. The molecule has 1 atom stereocenters. The second-order valence-electron chi connectivity index (χ2n) is 2.57. The minimum atomic E-state index is -2.31. The standard InChI is InChI=1S/C8H6F4O2S/c9-4-3-5(10)7(12)8(6(4)11)15(14)2-1-13/h3,13H,1-2H2. The summed E-state index contributed by atoms with van der Waals surface area (Å²) in [6.07, 6.45) is 0. The highest BCUT2D eigenvalue weighted by Gasteiger charge is 2.23. The molecule has 0 spiro atoms. The summed E-state index contributed by atoms with van der Waals surface area (Å²) in [5, 5.41) is 8.39. The van der Waals surface area contributed by atoms with Crippen LogP contribution < -0.4 is 0 Å². The molecule has 84 valence electrons. The van der Waals surface area contributed by atoms with Crippen LogP contribution in [0.3, 0.4) is 0 Å². The molecule has 1 unspecified atom stereocenters. The predicted octanol–water partition coefficient (Wildman–Crippen LogP) is 1.34. The van der Waals surface area contributed by atoms with Gasteiger partial charge in [-0.1, -0.05) is 0 Å². The normalized spacial score (nSPS) is 12.9. The van der Waals surface area contributed by atoms with Gasteiger partial charge in [-0.05, 0) is 0 Å². The van der Waals surface area contributed by atoms with E-state index < -0.39 is 51.3 Å². The fraction of sp³-hybridized carbons (Fsp3) is 0.250. The second-order valence-corrected chi connectivity index (χ2v) is 4.08. The summed E-state index contributed by atoms with van der Waals surface area (Å²) < 4.78 is 62.3. The minimum absolute atomic E-state index is 0.0321. The van der Waals surface area contributed by atoms with Gasteiger partial charge in [-0.2, -0.15) is 0 Å². The van der Waals surface area contributed by atoms with Crippen molar-refractivity contribution in [3.05, 3.63) is 29.3 Å². The van der Waals surface area contributed by atoms with Gasteiger partial charge in [-0.15, -0.1) is 0 Å². The van der Waals surface area contributed by atoms with E-state index in [0.717, 1.165) is 0 Å². The van der Waals surface area contributed by atoms with E-state index in [0.29, 0.717) is 0 Å². The maximum Gasteiger partial charge on any atom is 0.178 e. The third-order valence-corrected chi connectivity index (χ3v) is 2.94. The van der Waals surface area contributed by atoms with Crippen molar-refractivity contribution >= 4 is 10.8 Å². The van der Waals surface area contributed by atoms with Gasteiger partial charge < -0.3 is 5.11 Å². The highest BCUT2D eigenvalue weighted by atomic mass is 32.2. The molecule has 0 heterocycles. The minimum Gasteiger partial charge on any atom is -0.395 e. The van der Waals surface area contributed by atoms with Crippen LogP contribution in [0.5, 0.6) is 0 Å². The van der Waals surface area contributed by atoms with Gasteiger partial charge in [0.1, 0.15) is 4.90 Å². The third kappa shape index (κ3) is 2.35. The van der Waals surface area contributed by atoms with Crippen molar-refractivity contribution in [3.8, 4) is 0 Å². The number of halogens is 4. The van der Waals surface area contributed by atoms with Crippen molar-refractivity contribution in [2.24, 2.45) is 0 Å². The summed E-state index contributed by atoms with van der Waals surface area (Å²) in [6.45, 7) is -0.608. The predicted molar refractivity (Wildman–Crippen MR) is 44.6 cm³/mol. The number of rotatable bonds is 3. The van der Waals surface area contributed by atoms with Crippen LogP contribution >= 0.6 is 0 Å². The van der Waals surface area contributed by atoms with E-state index in [-0.39, 0.29) is 6.07 Å². The van der Waals surface area contributed by atoms with E-state index in [9.17, 15) is 21.8 Å². The Morgan fingerprint density at radius 1 is 1.13 bits per heavy atom. The molecule has 0 saturated heterocycles. The van der Waals surface area contributed by atoms with Gasteiger partial charge in [0.05, 0.1) is 23.2 Å². The van der Waals surface area contributed by atoms with Gasteiger partial charge in [0, 0.05) is 6.07 Å². The molecule has 1 aromatic carbocycles. The van der Waals surface area contributed by atoms with Crippen molar-refractivity contribution in [2.45, 2.75) is 4.90 Å². The van der Waals surface area contributed by atoms with Gasteiger partial charge in [0.25, 0.3) is 0 Å². The molecule has 1 rings (SSSR count). The molecule has 0 bridgehead atoms. The summed E-state index contributed by atoms with van der Waals surface area (Å²) in [7, 11) is -2.31. The molecule has 0 saturated carbocycles. The number of hydrogen-bond acceptors (Lipinski definition) is 2. The quantitative estimate of drug-likeness (QED) is 0.641. The monoisotopic (exact) mass is 242 g/mol. The van der Waals surface area contributed by atoms with E-state index in [1.54, 1.807) is 0 Å². The lowest BCUT2D eigenvalue weighted by atomic mass is 10.3. The molecule has 2 nitrogen and oxygen atoms in total. The van der Waals surface area contributed by atoms with Gasteiger partial charge in [0.2, 0.25) is 0 Å². The topological polar surface area (TPSA) is 37.3 Å². The molecule has 1 aromatic rings. The van der Waals surface area contributed by atoms with Crippen LogP contribution in [0.15, 0.2) is 11.0 Å². The average Bonchev–Trinajstić information content (AvgIpc) is 2.16. The Bertz CT molecular complexity index is 382. The van der Waals surface area contributed by atoms with Crippen LogP contribution in [-0.4, -0.2) is 21.7 Å². The van der Waals surface area contributed by atoms with Crippen LogP contribution in [0.2, 0.25) is 0 Å². The van der Waals surface area contributed by atoms with E-state index in [1.807, 2.05) is 0 Å². The molecular formula is C8H6F4O2S. The molecular weight excluding hydrogens is 236 g/mol. The van der Waals surface area contributed by atoms with Crippen molar-refractivity contribution in [1.82, 2.24) is 0 Å². The van der Waals surface area contributed by atoms with Crippen LogP contribution in [0.25, 0.3) is 0 Å². The number of hydrogen-bond donors (Lipinski definition) is 1. The van der Waals surface area contributed by atoms with Gasteiger partial charge >= 0.3 is 0 Å². The summed E-state index contributed by atoms with van der Waals surface area (Å²) >= 11 is 0. The second kappa shape index (κ2) is 4.71. The van der Waals surface area contributed by atoms with Gasteiger partial charge in [0.15, 0.2) is 23.3 Å². The van der Waals surface area contributed by atoms with E-state index in [2.05, 4.69) is 0 Å². The maximum atomic E-state index is 13.0. The Balaban J connectivity index is 3.32. The smallest absolute Gasteiger partial charge is 0.178 e. The highest BCUT2D eigenvalue weighted by Crippen LogP contribution is 2.22. The fourth-order valence-electron chi connectivity index (χ4n) is 0.936. The van der Waals surface area contributed by atoms with Crippen molar-refractivity contribution in [3.63, 3.8) is 0 Å². The lowest BCUT2D eigenvalue weighted by Gasteiger charge is -2.05. The van der Waals surface area contributed by atoms with Crippen LogP contribution in [0, 0.1) is 23.3 Å². The zero-order valence-corrected chi connectivity index (χ0v) is 8.08. The Morgan fingerprint density at radius 3 is 2.00 bits per heavy atom. The van der Waals surface area contributed by atoms with E-state index in [4.69, 9.17) is 5.11 Å². The molecule has 7 heteroatoms.